The third kappa shape index (κ3) is 4.18. The molecule has 5 heteroatoms. The summed E-state index contributed by atoms with van der Waals surface area (Å²) in [5, 5.41) is 22.9. The highest BCUT2D eigenvalue weighted by Crippen LogP contribution is 2.33. The lowest BCUT2D eigenvalue weighted by molar-refractivity contribution is 0.0695. The number of phenolic OH excluding ortho intramolecular Hbond substituents is 1. The van der Waals surface area contributed by atoms with Crippen LogP contribution in [0.4, 0.5) is 0 Å². The fraction of sp³-hybridized carbons (Fsp3) is 0.571. The smallest absolute Gasteiger partial charge is 0.143 e. The summed E-state index contributed by atoms with van der Waals surface area (Å²) < 4.78 is 1.38. The van der Waals surface area contributed by atoms with Gasteiger partial charge in [-0.1, -0.05) is 12.8 Å². The van der Waals surface area contributed by atoms with E-state index in [1.54, 1.807) is 0 Å². The second kappa shape index (κ2) is 7.07. The predicted molar refractivity (Wildman–Crippen MR) is 83.2 cm³/mol. The summed E-state index contributed by atoms with van der Waals surface area (Å²) in [4.78, 5) is 0. The van der Waals surface area contributed by atoms with Crippen molar-refractivity contribution in [3.05, 3.63) is 26.6 Å². The summed E-state index contributed by atoms with van der Waals surface area (Å²) in [6.45, 7) is 1.58. The van der Waals surface area contributed by atoms with Crippen molar-refractivity contribution < 1.29 is 10.2 Å². The van der Waals surface area contributed by atoms with Crippen molar-refractivity contribution in [3.63, 3.8) is 0 Å². The number of hydrogen-bond donors (Lipinski definition) is 3. The van der Waals surface area contributed by atoms with E-state index in [2.05, 4.69) is 37.2 Å². The molecule has 19 heavy (non-hydrogen) atoms. The predicted octanol–water partition coefficient (Wildman–Crippen LogP) is 3.56. The molecular weight excluding hydrogens is 374 g/mol. The Morgan fingerprint density at radius 2 is 1.79 bits per heavy atom. The van der Waals surface area contributed by atoms with E-state index in [-0.39, 0.29) is 11.9 Å². The van der Waals surface area contributed by atoms with E-state index in [0.717, 1.165) is 37.9 Å². The topological polar surface area (TPSA) is 52.5 Å². The van der Waals surface area contributed by atoms with E-state index >= 15 is 0 Å². The third-order valence-corrected chi connectivity index (χ3v) is 4.89. The summed E-state index contributed by atoms with van der Waals surface area (Å²) >= 11 is 6.65. The summed E-state index contributed by atoms with van der Waals surface area (Å²) in [6.07, 6.45) is 4.26. The highest BCUT2D eigenvalue weighted by molar-refractivity contribution is 9.11. The molecule has 3 N–H and O–H groups in total. The first kappa shape index (κ1) is 15.3. The summed E-state index contributed by atoms with van der Waals surface area (Å²) in [6, 6.07) is 3.81. The van der Waals surface area contributed by atoms with Gasteiger partial charge in [0.25, 0.3) is 0 Å². The first-order chi connectivity index (χ1) is 9.08. The van der Waals surface area contributed by atoms with Gasteiger partial charge in [-0.2, -0.15) is 0 Å². The Morgan fingerprint density at radius 3 is 2.42 bits per heavy atom. The molecule has 1 fully saturated rings. The molecule has 0 bridgehead atoms. The maximum atomic E-state index is 9.90. The van der Waals surface area contributed by atoms with Gasteiger partial charge in [0, 0.05) is 13.1 Å². The van der Waals surface area contributed by atoms with Crippen LogP contribution >= 0.6 is 31.9 Å². The number of aliphatic hydroxyl groups excluding tert-OH is 1. The van der Waals surface area contributed by atoms with E-state index in [1.807, 2.05) is 12.1 Å². The van der Waals surface area contributed by atoms with E-state index in [4.69, 9.17) is 0 Å². The summed E-state index contributed by atoms with van der Waals surface area (Å²) in [5.41, 5.74) is 1.10. The number of rotatable bonds is 4. The zero-order chi connectivity index (χ0) is 13.8. The highest BCUT2D eigenvalue weighted by Gasteiger charge is 2.22. The van der Waals surface area contributed by atoms with Crippen molar-refractivity contribution in [2.24, 2.45) is 5.92 Å². The minimum Gasteiger partial charge on any atom is -0.506 e. The van der Waals surface area contributed by atoms with Gasteiger partial charge in [-0.3, -0.25) is 0 Å². The number of nitrogens with one attached hydrogen (secondary N) is 1. The molecule has 2 rings (SSSR count). The molecule has 2 unspecified atom stereocenters. The number of phenols is 1. The summed E-state index contributed by atoms with van der Waals surface area (Å²) in [7, 11) is 0. The molecule has 3 nitrogen and oxygen atoms in total. The Balaban J connectivity index is 1.85. The van der Waals surface area contributed by atoms with Crippen LogP contribution in [-0.4, -0.2) is 22.9 Å². The first-order valence-electron chi connectivity index (χ1n) is 6.63. The standard InChI is InChI=1S/C14H19Br2NO2/c15-11-5-9(6-12(16)14(11)19)7-17-8-10-3-1-2-4-13(10)18/h5-6,10,13,17-19H,1-4,7-8H2. The van der Waals surface area contributed by atoms with Gasteiger partial charge >= 0.3 is 0 Å². The molecule has 0 aliphatic heterocycles. The minimum atomic E-state index is -0.153. The number of hydrogen-bond acceptors (Lipinski definition) is 3. The Kier molecular flexibility index (Phi) is 5.69. The van der Waals surface area contributed by atoms with Crippen molar-refractivity contribution in [1.29, 1.82) is 0 Å². The molecule has 0 spiro atoms. The zero-order valence-electron chi connectivity index (χ0n) is 10.7. The Labute approximate surface area is 130 Å². The van der Waals surface area contributed by atoms with Crippen LogP contribution < -0.4 is 5.32 Å². The van der Waals surface area contributed by atoms with Gasteiger partial charge in [0.1, 0.15) is 5.75 Å². The molecule has 2 atom stereocenters. The summed E-state index contributed by atoms with van der Waals surface area (Å²) in [5.74, 6) is 0.601. The average molecular weight is 393 g/mol. The number of halogens is 2. The number of aliphatic hydroxyl groups is 1. The molecule has 1 aliphatic carbocycles. The molecule has 1 aromatic carbocycles. The van der Waals surface area contributed by atoms with Crippen LogP contribution in [0.15, 0.2) is 21.1 Å². The van der Waals surface area contributed by atoms with Gasteiger partial charge < -0.3 is 15.5 Å². The zero-order valence-corrected chi connectivity index (χ0v) is 13.9. The van der Waals surface area contributed by atoms with E-state index < -0.39 is 0 Å². The lowest BCUT2D eigenvalue weighted by Crippen LogP contribution is -2.33. The third-order valence-electron chi connectivity index (χ3n) is 3.68. The lowest BCUT2D eigenvalue weighted by Gasteiger charge is -2.27. The van der Waals surface area contributed by atoms with Gasteiger partial charge in [0.05, 0.1) is 15.0 Å². The fourth-order valence-corrected chi connectivity index (χ4v) is 3.83. The quantitative estimate of drug-likeness (QED) is 0.734. The number of aromatic hydroxyl groups is 1. The van der Waals surface area contributed by atoms with Crippen molar-refractivity contribution in [2.45, 2.75) is 38.3 Å². The van der Waals surface area contributed by atoms with E-state index in [1.165, 1.54) is 6.42 Å². The van der Waals surface area contributed by atoms with Gasteiger partial charge in [0.15, 0.2) is 0 Å². The van der Waals surface area contributed by atoms with Crippen LogP contribution in [0.25, 0.3) is 0 Å². The molecule has 0 saturated heterocycles. The van der Waals surface area contributed by atoms with Crippen LogP contribution in [0.1, 0.15) is 31.2 Å². The molecule has 0 amide bonds. The lowest BCUT2D eigenvalue weighted by atomic mass is 9.86. The molecule has 106 valence electrons. The SMILES string of the molecule is Oc1c(Br)cc(CNCC2CCCCC2O)cc1Br. The van der Waals surface area contributed by atoms with Gasteiger partial charge in [-0.05, 0) is 68.3 Å². The van der Waals surface area contributed by atoms with Crippen molar-refractivity contribution in [1.82, 2.24) is 5.32 Å². The van der Waals surface area contributed by atoms with E-state index in [9.17, 15) is 10.2 Å². The molecule has 0 aromatic heterocycles. The van der Waals surface area contributed by atoms with Crippen LogP contribution in [0, 0.1) is 5.92 Å². The molecular formula is C14H19Br2NO2. The van der Waals surface area contributed by atoms with E-state index in [0.29, 0.717) is 14.9 Å². The molecule has 1 aliphatic rings. The monoisotopic (exact) mass is 391 g/mol. The Hall–Kier alpha value is -0.100. The molecule has 0 heterocycles. The van der Waals surface area contributed by atoms with Crippen LogP contribution in [0.3, 0.4) is 0 Å². The van der Waals surface area contributed by atoms with Crippen LogP contribution in [0.5, 0.6) is 5.75 Å². The van der Waals surface area contributed by atoms with Crippen molar-refractivity contribution in [2.75, 3.05) is 6.54 Å². The Morgan fingerprint density at radius 1 is 1.16 bits per heavy atom. The number of benzene rings is 1. The largest absolute Gasteiger partial charge is 0.506 e. The maximum absolute atomic E-state index is 9.90. The molecule has 1 aromatic rings. The minimum absolute atomic E-state index is 0.153. The van der Waals surface area contributed by atoms with Crippen LogP contribution in [-0.2, 0) is 6.54 Å². The Bertz CT molecular complexity index is 416. The molecule has 1 saturated carbocycles. The van der Waals surface area contributed by atoms with Gasteiger partial charge in [-0.25, -0.2) is 0 Å². The van der Waals surface area contributed by atoms with Gasteiger partial charge in [-0.15, -0.1) is 0 Å². The van der Waals surface area contributed by atoms with Crippen LogP contribution in [0.2, 0.25) is 0 Å². The fourth-order valence-electron chi connectivity index (χ4n) is 2.55. The highest BCUT2D eigenvalue weighted by atomic mass is 79.9. The first-order valence-corrected chi connectivity index (χ1v) is 8.22. The second-order valence-corrected chi connectivity index (χ2v) is 6.86. The maximum Gasteiger partial charge on any atom is 0.143 e. The van der Waals surface area contributed by atoms with Crippen molar-refractivity contribution in [3.8, 4) is 5.75 Å². The average Bonchev–Trinajstić information content (AvgIpc) is 2.38. The second-order valence-electron chi connectivity index (χ2n) is 5.15. The molecule has 0 radical (unpaired) electrons. The normalized spacial score (nSPS) is 23.5. The van der Waals surface area contributed by atoms with Gasteiger partial charge in [0.2, 0.25) is 0 Å². The van der Waals surface area contributed by atoms with Crippen molar-refractivity contribution >= 4 is 31.9 Å².